The van der Waals surface area contributed by atoms with E-state index in [0.29, 0.717) is 0 Å². The van der Waals surface area contributed by atoms with E-state index >= 15 is 0 Å². The lowest BCUT2D eigenvalue weighted by atomic mass is 10.1. The summed E-state index contributed by atoms with van der Waals surface area (Å²) in [6, 6.07) is 13.4. The lowest BCUT2D eigenvalue weighted by Crippen LogP contribution is -2.15. The Balaban J connectivity index is 2.15. The molecule has 3 nitrogen and oxygen atoms in total. The Morgan fingerprint density at radius 3 is 2.48 bits per heavy atom. The van der Waals surface area contributed by atoms with Crippen LogP contribution in [0.2, 0.25) is 0 Å². The van der Waals surface area contributed by atoms with Crippen molar-refractivity contribution < 1.29 is 14.2 Å². The van der Waals surface area contributed by atoms with Crippen LogP contribution in [0, 0.1) is 5.82 Å². The molecule has 0 aromatic heterocycles. The largest absolute Gasteiger partial charge is 0.491 e. The fraction of sp³-hybridized carbons (Fsp3) is 0.294. The molecule has 0 radical (unpaired) electrons. The third kappa shape index (κ3) is 4.46. The van der Waals surface area contributed by atoms with Crippen molar-refractivity contribution in [1.82, 2.24) is 0 Å². The van der Waals surface area contributed by atoms with E-state index in [2.05, 4.69) is 5.32 Å². The van der Waals surface area contributed by atoms with Crippen LogP contribution in [0.25, 0.3) is 0 Å². The second-order valence-corrected chi connectivity index (χ2v) is 5.13. The van der Waals surface area contributed by atoms with Gasteiger partial charge in [0, 0.05) is 5.69 Å². The van der Waals surface area contributed by atoms with Crippen LogP contribution < -0.4 is 10.1 Å². The number of anilines is 1. The normalized spacial score (nSPS) is 12.2. The molecule has 2 rings (SSSR count). The fourth-order valence-corrected chi connectivity index (χ4v) is 2.06. The Morgan fingerprint density at radius 2 is 1.86 bits per heavy atom. The molecular weight excluding hydrogens is 269 g/mol. The molecule has 0 aliphatic rings. The second-order valence-electron chi connectivity index (χ2n) is 5.13. The van der Waals surface area contributed by atoms with Crippen molar-refractivity contribution in [3.8, 4) is 5.75 Å². The van der Waals surface area contributed by atoms with Crippen molar-refractivity contribution in [3.05, 3.63) is 59.9 Å². The van der Waals surface area contributed by atoms with Gasteiger partial charge in [0.15, 0.2) is 0 Å². The van der Waals surface area contributed by atoms with Crippen LogP contribution in [0.3, 0.4) is 0 Å². The van der Waals surface area contributed by atoms with Crippen LogP contribution in [-0.2, 0) is 0 Å². The number of aliphatic hydroxyl groups excluding tert-OH is 1. The number of ether oxygens (including phenoxy) is 1. The van der Waals surface area contributed by atoms with E-state index in [4.69, 9.17) is 4.74 Å². The van der Waals surface area contributed by atoms with Crippen LogP contribution in [0.15, 0.2) is 48.5 Å². The zero-order chi connectivity index (χ0) is 15.2. The van der Waals surface area contributed by atoms with E-state index in [1.807, 2.05) is 38.1 Å². The smallest absolute Gasteiger partial charge is 0.123 e. The van der Waals surface area contributed by atoms with Crippen molar-refractivity contribution in [1.29, 1.82) is 0 Å². The number of rotatable bonds is 6. The van der Waals surface area contributed by atoms with Gasteiger partial charge in [0.05, 0.1) is 18.8 Å². The minimum absolute atomic E-state index is 0.0670. The predicted octanol–water partition coefficient (Wildman–Crippen LogP) is 3.76. The van der Waals surface area contributed by atoms with E-state index in [0.717, 1.165) is 17.0 Å². The standard InChI is InChI=1S/C17H20FNO2/c1-12(2)21-16-5-3-4-13(10-16)17(11-20)19-15-8-6-14(18)7-9-15/h3-10,12,17,19-20H,11H2,1-2H3. The van der Waals surface area contributed by atoms with Crippen LogP contribution in [-0.4, -0.2) is 17.8 Å². The van der Waals surface area contributed by atoms with Gasteiger partial charge in [0.1, 0.15) is 11.6 Å². The highest BCUT2D eigenvalue weighted by Gasteiger charge is 2.11. The van der Waals surface area contributed by atoms with Crippen LogP contribution >= 0.6 is 0 Å². The lowest BCUT2D eigenvalue weighted by Gasteiger charge is -2.19. The maximum absolute atomic E-state index is 12.9. The van der Waals surface area contributed by atoms with Gasteiger partial charge in [-0.15, -0.1) is 0 Å². The first-order chi connectivity index (χ1) is 10.1. The molecule has 2 aromatic carbocycles. The van der Waals surface area contributed by atoms with Crippen LogP contribution in [0.4, 0.5) is 10.1 Å². The van der Waals surface area contributed by atoms with Gasteiger partial charge < -0.3 is 15.2 Å². The van der Waals surface area contributed by atoms with Crippen LogP contribution in [0.1, 0.15) is 25.5 Å². The van der Waals surface area contributed by atoms with E-state index < -0.39 is 0 Å². The molecule has 0 saturated heterocycles. The van der Waals surface area contributed by atoms with Crippen molar-refractivity contribution in [2.75, 3.05) is 11.9 Å². The summed E-state index contributed by atoms with van der Waals surface area (Å²) in [5, 5.41) is 12.8. The minimum Gasteiger partial charge on any atom is -0.491 e. The first-order valence-electron chi connectivity index (χ1n) is 6.98. The van der Waals surface area contributed by atoms with E-state index in [1.165, 1.54) is 12.1 Å². The average molecular weight is 289 g/mol. The van der Waals surface area contributed by atoms with Gasteiger partial charge in [0.2, 0.25) is 0 Å². The zero-order valence-electron chi connectivity index (χ0n) is 12.2. The Morgan fingerprint density at radius 1 is 1.14 bits per heavy atom. The van der Waals surface area contributed by atoms with Gasteiger partial charge >= 0.3 is 0 Å². The maximum Gasteiger partial charge on any atom is 0.123 e. The molecule has 21 heavy (non-hydrogen) atoms. The molecule has 0 aliphatic heterocycles. The molecule has 0 heterocycles. The molecular formula is C17H20FNO2. The predicted molar refractivity (Wildman–Crippen MR) is 82.1 cm³/mol. The van der Waals surface area contributed by atoms with Gasteiger partial charge in [-0.1, -0.05) is 12.1 Å². The SMILES string of the molecule is CC(C)Oc1cccc(C(CO)Nc2ccc(F)cc2)c1. The monoisotopic (exact) mass is 289 g/mol. The number of aliphatic hydroxyl groups is 1. The first-order valence-corrected chi connectivity index (χ1v) is 6.98. The number of hydrogen-bond acceptors (Lipinski definition) is 3. The molecule has 2 N–H and O–H groups in total. The molecule has 1 unspecified atom stereocenters. The number of hydrogen-bond donors (Lipinski definition) is 2. The van der Waals surface area contributed by atoms with Crippen molar-refractivity contribution >= 4 is 5.69 Å². The van der Waals surface area contributed by atoms with Crippen LogP contribution in [0.5, 0.6) is 5.75 Å². The van der Waals surface area contributed by atoms with Gasteiger partial charge in [-0.2, -0.15) is 0 Å². The van der Waals surface area contributed by atoms with E-state index in [-0.39, 0.29) is 24.6 Å². The van der Waals surface area contributed by atoms with E-state index in [9.17, 15) is 9.50 Å². The Hall–Kier alpha value is -2.07. The summed E-state index contributed by atoms with van der Waals surface area (Å²) in [5.41, 5.74) is 1.67. The molecule has 0 fully saturated rings. The summed E-state index contributed by atoms with van der Waals surface area (Å²) < 4.78 is 18.6. The molecule has 1 atom stereocenters. The fourth-order valence-electron chi connectivity index (χ4n) is 2.06. The molecule has 4 heteroatoms. The Kier molecular flexibility index (Phi) is 5.17. The molecule has 112 valence electrons. The van der Waals surface area contributed by atoms with Gasteiger partial charge in [0.25, 0.3) is 0 Å². The Bertz CT molecular complexity index is 569. The molecule has 0 saturated carbocycles. The molecule has 0 spiro atoms. The summed E-state index contributed by atoms with van der Waals surface area (Å²) in [6.45, 7) is 3.86. The quantitative estimate of drug-likeness (QED) is 0.851. The number of halogens is 1. The Labute approximate surface area is 124 Å². The van der Waals surface area contributed by atoms with Crippen molar-refractivity contribution in [2.45, 2.75) is 26.0 Å². The third-order valence-electron chi connectivity index (χ3n) is 3.00. The van der Waals surface area contributed by atoms with Crippen molar-refractivity contribution in [2.24, 2.45) is 0 Å². The summed E-state index contributed by atoms with van der Waals surface area (Å²) in [7, 11) is 0. The first kappa shape index (κ1) is 15.3. The molecule has 2 aromatic rings. The highest BCUT2D eigenvalue weighted by Crippen LogP contribution is 2.23. The lowest BCUT2D eigenvalue weighted by molar-refractivity contribution is 0.241. The summed E-state index contributed by atoms with van der Waals surface area (Å²) in [6.07, 6.45) is 0.0953. The van der Waals surface area contributed by atoms with Gasteiger partial charge in [-0.25, -0.2) is 4.39 Å². The summed E-state index contributed by atoms with van der Waals surface area (Å²) in [4.78, 5) is 0. The zero-order valence-corrected chi connectivity index (χ0v) is 12.2. The highest BCUT2D eigenvalue weighted by molar-refractivity contribution is 5.46. The molecule has 0 bridgehead atoms. The topological polar surface area (TPSA) is 41.5 Å². The van der Waals surface area contributed by atoms with Crippen molar-refractivity contribution in [3.63, 3.8) is 0 Å². The number of benzene rings is 2. The second kappa shape index (κ2) is 7.09. The summed E-state index contributed by atoms with van der Waals surface area (Å²) >= 11 is 0. The molecule has 0 amide bonds. The minimum atomic E-state index is -0.284. The number of nitrogens with one attached hydrogen (secondary N) is 1. The third-order valence-corrected chi connectivity index (χ3v) is 3.00. The average Bonchev–Trinajstić information content (AvgIpc) is 2.46. The van der Waals surface area contributed by atoms with Gasteiger partial charge in [-0.05, 0) is 55.8 Å². The summed E-state index contributed by atoms with van der Waals surface area (Å²) in [5.74, 6) is 0.482. The maximum atomic E-state index is 12.9. The van der Waals surface area contributed by atoms with E-state index in [1.54, 1.807) is 12.1 Å². The molecule has 0 aliphatic carbocycles. The highest BCUT2D eigenvalue weighted by atomic mass is 19.1. The van der Waals surface area contributed by atoms with Gasteiger partial charge in [-0.3, -0.25) is 0 Å².